The topological polar surface area (TPSA) is 66.8 Å². The standard InChI is InChI=1S/C23H25NO4S/c1-4-11-28-19-7-5-6-18(14-19)24-22(26)20(21(23(24)27)29-12-10-25)17-9-8-15(2)16(3)13-17/h5-9,13-14,25H,4,10-12H2,1-3H3. The van der Waals surface area contributed by atoms with Crippen LogP contribution in [0.2, 0.25) is 0 Å². The molecule has 0 aromatic heterocycles. The molecule has 29 heavy (non-hydrogen) atoms. The Kier molecular flexibility index (Phi) is 6.77. The van der Waals surface area contributed by atoms with Crippen LogP contribution in [0.25, 0.3) is 5.57 Å². The summed E-state index contributed by atoms with van der Waals surface area (Å²) in [6.45, 7) is 6.49. The van der Waals surface area contributed by atoms with Gasteiger partial charge in [0, 0.05) is 11.8 Å². The molecule has 2 aromatic carbocycles. The van der Waals surface area contributed by atoms with Crippen molar-refractivity contribution in [3.05, 3.63) is 64.1 Å². The van der Waals surface area contributed by atoms with Crippen LogP contribution in [0, 0.1) is 13.8 Å². The molecular formula is C23H25NO4S. The van der Waals surface area contributed by atoms with E-state index in [1.807, 2.05) is 45.0 Å². The second-order valence-corrected chi connectivity index (χ2v) is 7.97. The van der Waals surface area contributed by atoms with Gasteiger partial charge in [-0.15, -0.1) is 11.8 Å². The van der Waals surface area contributed by atoms with E-state index in [1.54, 1.807) is 18.2 Å². The molecule has 2 aromatic rings. The Morgan fingerprint density at radius 1 is 1.03 bits per heavy atom. The minimum atomic E-state index is -0.366. The summed E-state index contributed by atoms with van der Waals surface area (Å²) in [5.74, 6) is 0.241. The summed E-state index contributed by atoms with van der Waals surface area (Å²) in [4.78, 5) is 28.1. The van der Waals surface area contributed by atoms with E-state index in [9.17, 15) is 14.7 Å². The quantitative estimate of drug-likeness (QED) is 0.663. The first-order valence-electron chi connectivity index (χ1n) is 9.65. The van der Waals surface area contributed by atoms with Crippen LogP contribution in [0.4, 0.5) is 5.69 Å². The zero-order chi connectivity index (χ0) is 21.0. The number of aliphatic hydroxyl groups excluding tert-OH is 1. The highest BCUT2D eigenvalue weighted by Gasteiger charge is 2.40. The van der Waals surface area contributed by atoms with Gasteiger partial charge in [-0.1, -0.05) is 31.2 Å². The largest absolute Gasteiger partial charge is 0.494 e. The van der Waals surface area contributed by atoms with Crippen molar-refractivity contribution in [3.8, 4) is 5.75 Å². The molecule has 0 aliphatic carbocycles. The van der Waals surface area contributed by atoms with Gasteiger partial charge < -0.3 is 9.84 Å². The molecule has 152 valence electrons. The summed E-state index contributed by atoms with van der Waals surface area (Å²) in [6, 6.07) is 12.8. The maximum atomic E-state index is 13.3. The Bertz CT molecular complexity index is 967. The van der Waals surface area contributed by atoms with E-state index in [4.69, 9.17) is 4.74 Å². The molecule has 5 nitrogen and oxygen atoms in total. The van der Waals surface area contributed by atoms with Crippen molar-refractivity contribution in [1.82, 2.24) is 0 Å². The predicted octanol–water partition coefficient (Wildman–Crippen LogP) is 4.10. The fourth-order valence-corrected chi connectivity index (χ4v) is 3.97. The second-order valence-electron chi connectivity index (χ2n) is 6.87. The molecule has 0 bridgehead atoms. The molecule has 0 unspecified atom stereocenters. The lowest BCUT2D eigenvalue weighted by atomic mass is 10.0. The first-order valence-corrected chi connectivity index (χ1v) is 10.6. The molecule has 0 fully saturated rings. The summed E-state index contributed by atoms with van der Waals surface area (Å²) in [5.41, 5.74) is 3.75. The van der Waals surface area contributed by atoms with Crippen LogP contribution in [0.15, 0.2) is 47.4 Å². The minimum Gasteiger partial charge on any atom is -0.494 e. The van der Waals surface area contributed by atoms with Gasteiger partial charge in [0.25, 0.3) is 11.8 Å². The number of rotatable bonds is 8. The highest BCUT2D eigenvalue weighted by Crippen LogP contribution is 2.39. The summed E-state index contributed by atoms with van der Waals surface area (Å²) >= 11 is 1.21. The number of hydrogen-bond donors (Lipinski definition) is 1. The fourth-order valence-electron chi connectivity index (χ4n) is 3.11. The van der Waals surface area contributed by atoms with Crippen LogP contribution < -0.4 is 9.64 Å². The first kappa shape index (κ1) is 21.1. The number of anilines is 1. The van der Waals surface area contributed by atoms with Gasteiger partial charge in [-0.3, -0.25) is 9.59 Å². The number of thioether (sulfide) groups is 1. The number of amides is 2. The monoisotopic (exact) mass is 411 g/mol. The number of imide groups is 1. The molecule has 0 atom stereocenters. The minimum absolute atomic E-state index is 0.0732. The zero-order valence-corrected chi connectivity index (χ0v) is 17.7. The molecule has 0 radical (unpaired) electrons. The Hall–Kier alpha value is -2.57. The number of aryl methyl sites for hydroxylation is 2. The van der Waals surface area contributed by atoms with E-state index in [-0.39, 0.29) is 18.4 Å². The third kappa shape index (κ3) is 4.38. The smallest absolute Gasteiger partial charge is 0.272 e. The van der Waals surface area contributed by atoms with E-state index in [0.29, 0.717) is 39.8 Å². The van der Waals surface area contributed by atoms with Crippen molar-refractivity contribution in [1.29, 1.82) is 0 Å². The lowest BCUT2D eigenvalue weighted by Gasteiger charge is -2.16. The molecule has 1 N–H and O–H groups in total. The average Bonchev–Trinajstić information content (AvgIpc) is 2.96. The number of aliphatic hydroxyl groups is 1. The number of benzene rings is 2. The highest BCUT2D eigenvalue weighted by molar-refractivity contribution is 8.04. The molecule has 6 heteroatoms. The van der Waals surface area contributed by atoms with Gasteiger partial charge >= 0.3 is 0 Å². The lowest BCUT2D eigenvalue weighted by Crippen LogP contribution is -2.31. The van der Waals surface area contributed by atoms with Gasteiger partial charge in [-0.25, -0.2) is 4.90 Å². The van der Waals surface area contributed by atoms with E-state index in [2.05, 4.69) is 0 Å². The van der Waals surface area contributed by atoms with E-state index in [1.165, 1.54) is 16.7 Å². The molecule has 2 amide bonds. The van der Waals surface area contributed by atoms with Crippen LogP contribution in [0.5, 0.6) is 5.75 Å². The third-order valence-electron chi connectivity index (χ3n) is 4.72. The van der Waals surface area contributed by atoms with Crippen molar-refractivity contribution in [2.75, 3.05) is 23.9 Å². The first-order chi connectivity index (χ1) is 14.0. The van der Waals surface area contributed by atoms with Crippen molar-refractivity contribution in [2.24, 2.45) is 0 Å². The zero-order valence-electron chi connectivity index (χ0n) is 16.9. The number of carbonyl (C=O) groups is 2. The predicted molar refractivity (Wildman–Crippen MR) is 117 cm³/mol. The summed E-state index contributed by atoms with van der Waals surface area (Å²) in [6.07, 6.45) is 0.867. The molecule has 1 heterocycles. The molecule has 1 aliphatic rings. The van der Waals surface area contributed by atoms with Crippen LogP contribution in [0.3, 0.4) is 0 Å². The summed E-state index contributed by atoms with van der Waals surface area (Å²) in [5, 5.41) is 9.25. The van der Waals surface area contributed by atoms with Gasteiger partial charge in [0.2, 0.25) is 0 Å². The Balaban J connectivity index is 2.02. The number of nitrogens with zero attached hydrogens (tertiary/aromatic N) is 1. The number of ether oxygens (including phenoxy) is 1. The maximum absolute atomic E-state index is 13.3. The van der Waals surface area contributed by atoms with Crippen molar-refractivity contribution in [2.45, 2.75) is 27.2 Å². The Labute approximate surface area is 175 Å². The SMILES string of the molecule is CCCOc1cccc(N2C(=O)C(SCCO)=C(c3ccc(C)c(C)c3)C2=O)c1. The third-order valence-corrected chi connectivity index (χ3v) is 5.78. The van der Waals surface area contributed by atoms with E-state index in [0.717, 1.165) is 17.5 Å². The van der Waals surface area contributed by atoms with E-state index >= 15 is 0 Å². The van der Waals surface area contributed by atoms with Gasteiger partial charge in [0.05, 0.1) is 29.4 Å². The van der Waals surface area contributed by atoms with Crippen molar-refractivity contribution < 1.29 is 19.4 Å². The van der Waals surface area contributed by atoms with Crippen LogP contribution in [-0.2, 0) is 9.59 Å². The van der Waals surface area contributed by atoms with Crippen molar-refractivity contribution in [3.63, 3.8) is 0 Å². The van der Waals surface area contributed by atoms with Gasteiger partial charge in [0.15, 0.2) is 0 Å². The van der Waals surface area contributed by atoms with Crippen LogP contribution >= 0.6 is 11.8 Å². The van der Waals surface area contributed by atoms with Gasteiger partial charge in [-0.05, 0) is 49.1 Å². The van der Waals surface area contributed by atoms with Crippen LogP contribution in [0.1, 0.15) is 30.0 Å². The summed E-state index contributed by atoms with van der Waals surface area (Å²) in [7, 11) is 0. The van der Waals surface area contributed by atoms with Crippen molar-refractivity contribution >= 4 is 34.8 Å². The molecule has 0 saturated carbocycles. The molecule has 3 rings (SSSR count). The molecule has 0 spiro atoms. The summed E-state index contributed by atoms with van der Waals surface area (Å²) < 4.78 is 5.66. The fraction of sp³-hybridized carbons (Fsp3) is 0.304. The molecule has 0 saturated heterocycles. The second kappa shape index (κ2) is 9.29. The Morgan fingerprint density at radius 3 is 2.52 bits per heavy atom. The van der Waals surface area contributed by atoms with Gasteiger partial charge in [-0.2, -0.15) is 0 Å². The Morgan fingerprint density at radius 2 is 1.83 bits per heavy atom. The highest BCUT2D eigenvalue weighted by atomic mass is 32.2. The van der Waals surface area contributed by atoms with Crippen LogP contribution in [-0.4, -0.2) is 35.9 Å². The number of hydrogen-bond acceptors (Lipinski definition) is 5. The lowest BCUT2D eigenvalue weighted by molar-refractivity contribution is -0.119. The van der Waals surface area contributed by atoms with Gasteiger partial charge in [0.1, 0.15) is 5.75 Å². The maximum Gasteiger partial charge on any atom is 0.272 e. The molecular weight excluding hydrogens is 386 g/mol. The molecule has 1 aliphatic heterocycles. The normalized spacial score (nSPS) is 14.1. The van der Waals surface area contributed by atoms with E-state index < -0.39 is 0 Å². The number of carbonyl (C=O) groups excluding carboxylic acids is 2. The average molecular weight is 412 g/mol.